The standard InChI is InChI=1S/C18H24N2O3/c1-2-16(21)11-12-19-17(22)10-5-13-3-6-14(7-4-13)18(23)20-15-8-9-15/h3-7,10,15-16,21H,2,8-9,11-12H2,1H3,(H,19,22)(H,20,23)/b10-5+. The molecule has 0 saturated heterocycles. The second-order valence-corrected chi connectivity index (χ2v) is 5.84. The summed E-state index contributed by atoms with van der Waals surface area (Å²) in [5.41, 5.74) is 1.49. The van der Waals surface area contributed by atoms with Gasteiger partial charge >= 0.3 is 0 Å². The van der Waals surface area contributed by atoms with Crippen molar-refractivity contribution in [2.24, 2.45) is 0 Å². The van der Waals surface area contributed by atoms with Crippen LogP contribution in [0.15, 0.2) is 30.3 Å². The van der Waals surface area contributed by atoms with E-state index in [-0.39, 0.29) is 17.9 Å². The monoisotopic (exact) mass is 316 g/mol. The maximum atomic E-state index is 11.9. The molecular formula is C18H24N2O3. The summed E-state index contributed by atoms with van der Waals surface area (Å²) < 4.78 is 0. The third kappa shape index (κ3) is 6.24. The van der Waals surface area contributed by atoms with Crippen molar-refractivity contribution in [2.75, 3.05) is 6.54 Å². The van der Waals surface area contributed by atoms with Gasteiger partial charge in [0.1, 0.15) is 0 Å². The van der Waals surface area contributed by atoms with Crippen molar-refractivity contribution in [3.8, 4) is 0 Å². The van der Waals surface area contributed by atoms with Gasteiger partial charge in [-0.3, -0.25) is 9.59 Å². The molecule has 23 heavy (non-hydrogen) atoms. The molecule has 1 aromatic rings. The second-order valence-electron chi connectivity index (χ2n) is 5.84. The van der Waals surface area contributed by atoms with Crippen LogP contribution in [0, 0.1) is 0 Å². The molecule has 1 aliphatic rings. The van der Waals surface area contributed by atoms with Crippen molar-refractivity contribution in [3.05, 3.63) is 41.5 Å². The van der Waals surface area contributed by atoms with Gasteiger partial charge in [0, 0.05) is 24.2 Å². The number of aliphatic hydroxyl groups excluding tert-OH is 1. The lowest BCUT2D eigenvalue weighted by molar-refractivity contribution is -0.116. The second kappa shape index (κ2) is 8.48. The van der Waals surface area contributed by atoms with E-state index in [0.717, 1.165) is 18.4 Å². The molecule has 1 saturated carbocycles. The SMILES string of the molecule is CCC(O)CCNC(=O)/C=C/c1ccc(C(=O)NC2CC2)cc1. The van der Waals surface area contributed by atoms with Gasteiger partial charge in [0.05, 0.1) is 6.10 Å². The minimum atomic E-state index is -0.367. The summed E-state index contributed by atoms with van der Waals surface area (Å²) in [6.07, 6.45) is 6.17. The molecule has 0 radical (unpaired) electrons. The van der Waals surface area contributed by atoms with Crippen LogP contribution in [-0.4, -0.2) is 35.6 Å². The number of nitrogens with one attached hydrogen (secondary N) is 2. The molecule has 0 spiro atoms. The normalized spacial score (nSPS) is 15.4. The highest BCUT2D eigenvalue weighted by Gasteiger charge is 2.23. The molecule has 5 nitrogen and oxygen atoms in total. The van der Waals surface area contributed by atoms with E-state index in [1.54, 1.807) is 18.2 Å². The van der Waals surface area contributed by atoms with E-state index in [1.807, 2.05) is 19.1 Å². The zero-order valence-corrected chi connectivity index (χ0v) is 13.4. The van der Waals surface area contributed by atoms with Crippen LogP contribution < -0.4 is 10.6 Å². The van der Waals surface area contributed by atoms with E-state index in [0.29, 0.717) is 31.0 Å². The highest BCUT2D eigenvalue weighted by Crippen LogP contribution is 2.19. The summed E-state index contributed by atoms with van der Waals surface area (Å²) in [6, 6.07) is 7.48. The number of benzene rings is 1. The van der Waals surface area contributed by atoms with E-state index in [1.165, 1.54) is 6.08 Å². The van der Waals surface area contributed by atoms with Crippen LogP contribution in [-0.2, 0) is 4.79 Å². The summed E-state index contributed by atoms with van der Waals surface area (Å²) in [5.74, 6) is -0.237. The fraction of sp³-hybridized carbons (Fsp3) is 0.444. The summed E-state index contributed by atoms with van der Waals surface area (Å²) >= 11 is 0. The van der Waals surface area contributed by atoms with Gasteiger partial charge in [-0.25, -0.2) is 0 Å². The van der Waals surface area contributed by atoms with Gasteiger partial charge in [-0.15, -0.1) is 0 Å². The highest BCUT2D eigenvalue weighted by molar-refractivity contribution is 5.95. The molecule has 1 fully saturated rings. The Balaban J connectivity index is 1.77. The third-order valence-corrected chi connectivity index (χ3v) is 3.76. The number of carbonyl (C=O) groups is 2. The quantitative estimate of drug-likeness (QED) is 0.641. The summed E-state index contributed by atoms with van der Waals surface area (Å²) in [6.45, 7) is 2.36. The van der Waals surface area contributed by atoms with Gasteiger partial charge in [0.15, 0.2) is 0 Å². The number of aliphatic hydroxyl groups is 1. The predicted molar refractivity (Wildman–Crippen MR) is 89.9 cm³/mol. The lowest BCUT2D eigenvalue weighted by Crippen LogP contribution is -2.25. The minimum Gasteiger partial charge on any atom is -0.393 e. The van der Waals surface area contributed by atoms with E-state index in [4.69, 9.17) is 0 Å². The molecule has 1 aliphatic carbocycles. The Morgan fingerprint density at radius 1 is 1.30 bits per heavy atom. The average Bonchev–Trinajstić information content (AvgIpc) is 3.37. The maximum Gasteiger partial charge on any atom is 0.251 e. The molecule has 1 atom stereocenters. The molecule has 2 rings (SSSR count). The minimum absolute atomic E-state index is 0.0461. The van der Waals surface area contributed by atoms with Crippen molar-refractivity contribution >= 4 is 17.9 Å². The molecule has 5 heteroatoms. The average molecular weight is 316 g/mol. The van der Waals surface area contributed by atoms with Crippen LogP contribution in [0.3, 0.4) is 0 Å². The van der Waals surface area contributed by atoms with Gasteiger partial charge in [-0.1, -0.05) is 19.1 Å². The van der Waals surface area contributed by atoms with Crippen LogP contribution in [0.5, 0.6) is 0 Å². The first-order valence-corrected chi connectivity index (χ1v) is 8.13. The molecule has 0 heterocycles. The molecule has 124 valence electrons. The van der Waals surface area contributed by atoms with Crippen molar-refractivity contribution < 1.29 is 14.7 Å². The molecule has 0 aliphatic heterocycles. The Morgan fingerprint density at radius 3 is 2.61 bits per heavy atom. The largest absolute Gasteiger partial charge is 0.393 e. The van der Waals surface area contributed by atoms with Crippen molar-refractivity contribution in [1.29, 1.82) is 0 Å². The first-order chi connectivity index (χ1) is 11.1. The van der Waals surface area contributed by atoms with Crippen molar-refractivity contribution in [1.82, 2.24) is 10.6 Å². The zero-order valence-electron chi connectivity index (χ0n) is 13.4. The summed E-state index contributed by atoms with van der Waals surface area (Å²) in [4.78, 5) is 23.5. The van der Waals surface area contributed by atoms with Gasteiger partial charge in [0.2, 0.25) is 5.91 Å². The molecule has 1 unspecified atom stereocenters. The maximum absolute atomic E-state index is 11.9. The Labute approximate surface area is 136 Å². The molecule has 0 aromatic heterocycles. The van der Waals surface area contributed by atoms with Crippen LogP contribution >= 0.6 is 0 Å². The highest BCUT2D eigenvalue weighted by atomic mass is 16.3. The lowest BCUT2D eigenvalue weighted by Gasteiger charge is -2.07. The van der Waals surface area contributed by atoms with Crippen LogP contribution in [0.25, 0.3) is 6.08 Å². The first-order valence-electron chi connectivity index (χ1n) is 8.13. The number of hydrogen-bond donors (Lipinski definition) is 3. The first kappa shape index (κ1) is 17.2. The fourth-order valence-corrected chi connectivity index (χ4v) is 2.04. The Hall–Kier alpha value is -2.14. The fourth-order valence-electron chi connectivity index (χ4n) is 2.04. The Morgan fingerprint density at radius 2 is 2.00 bits per heavy atom. The molecule has 0 bridgehead atoms. The smallest absolute Gasteiger partial charge is 0.251 e. The molecule has 3 N–H and O–H groups in total. The van der Waals surface area contributed by atoms with Crippen LogP contribution in [0.2, 0.25) is 0 Å². The molecule has 1 aromatic carbocycles. The molecular weight excluding hydrogens is 292 g/mol. The number of amides is 2. The van der Waals surface area contributed by atoms with E-state index >= 15 is 0 Å². The Kier molecular flexibility index (Phi) is 6.35. The lowest BCUT2D eigenvalue weighted by atomic mass is 10.1. The van der Waals surface area contributed by atoms with Gasteiger partial charge in [0.25, 0.3) is 5.91 Å². The van der Waals surface area contributed by atoms with Gasteiger partial charge in [-0.2, -0.15) is 0 Å². The van der Waals surface area contributed by atoms with E-state index in [9.17, 15) is 14.7 Å². The summed E-state index contributed by atoms with van der Waals surface area (Å²) in [5, 5.41) is 15.1. The van der Waals surface area contributed by atoms with Gasteiger partial charge in [-0.05, 0) is 49.5 Å². The van der Waals surface area contributed by atoms with E-state index < -0.39 is 0 Å². The summed E-state index contributed by atoms with van der Waals surface area (Å²) in [7, 11) is 0. The number of carbonyl (C=O) groups excluding carboxylic acids is 2. The number of rotatable bonds is 8. The topological polar surface area (TPSA) is 78.4 Å². The Bertz CT molecular complexity index is 562. The van der Waals surface area contributed by atoms with Crippen LogP contribution in [0.4, 0.5) is 0 Å². The molecule has 2 amide bonds. The number of hydrogen-bond acceptors (Lipinski definition) is 3. The van der Waals surface area contributed by atoms with Crippen molar-refractivity contribution in [2.45, 2.75) is 44.8 Å². The zero-order chi connectivity index (χ0) is 16.7. The van der Waals surface area contributed by atoms with Crippen LogP contribution in [0.1, 0.15) is 48.5 Å². The van der Waals surface area contributed by atoms with Gasteiger partial charge < -0.3 is 15.7 Å². The third-order valence-electron chi connectivity index (χ3n) is 3.76. The van der Waals surface area contributed by atoms with E-state index in [2.05, 4.69) is 10.6 Å². The van der Waals surface area contributed by atoms with Crippen molar-refractivity contribution in [3.63, 3.8) is 0 Å². The predicted octanol–water partition coefficient (Wildman–Crippen LogP) is 1.87.